The first-order chi connectivity index (χ1) is 10.8. The van der Waals surface area contributed by atoms with Crippen molar-refractivity contribution >= 4 is 0 Å². The summed E-state index contributed by atoms with van der Waals surface area (Å²) in [5.74, 6) is 0.618. The number of benzene rings is 2. The molecular weight excluding hydrogens is 274 g/mol. The van der Waals surface area contributed by atoms with Gasteiger partial charge in [-0.2, -0.15) is 5.26 Å². The molecule has 114 valence electrons. The highest BCUT2D eigenvalue weighted by Crippen LogP contribution is 2.20. The van der Waals surface area contributed by atoms with Crippen molar-refractivity contribution in [2.45, 2.75) is 13.1 Å². The maximum Gasteiger partial charge on any atom is 0.136 e. The molecule has 0 amide bonds. The molecule has 0 unspecified atom stereocenters. The van der Waals surface area contributed by atoms with Crippen molar-refractivity contribution in [1.29, 1.82) is 5.26 Å². The highest BCUT2D eigenvalue weighted by molar-refractivity contribution is 5.45. The van der Waals surface area contributed by atoms with E-state index in [1.165, 1.54) is 5.56 Å². The second kappa shape index (κ2) is 8.18. The van der Waals surface area contributed by atoms with E-state index in [4.69, 9.17) is 15.7 Å². The molecule has 0 saturated heterocycles. The summed E-state index contributed by atoms with van der Waals surface area (Å²) in [7, 11) is 1.58. The van der Waals surface area contributed by atoms with E-state index in [0.717, 1.165) is 25.2 Å². The van der Waals surface area contributed by atoms with Crippen LogP contribution in [0.5, 0.6) is 5.75 Å². The van der Waals surface area contributed by atoms with Crippen molar-refractivity contribution in [3.05, 3.63) is 65.2 Å². The Balaban J connectivity index is 2.12. The average Bonchev–Trinajstić information content (AvgIpc) is 2.56. The van der Waals surface area contributed by atoms with Gasteiger partial charge in [-0.1, -0.05) is 36.4 Å². The van der Waals surface area contributed by atoms with Crippen molar-refractivity contribution in [2.24, 2.45) is 5.73 Å². The van der Waals surface area contributed by atoms with E-state index in [1.807, 2.05) is 30.3 Å². The number of methoxy groups -OCH3 is 1. The zero-order valence-electron chi connectivity index (χ0n) is 12.8. The van der Waals surface area contributed by atoms with Crippen LogP contribution in [0, 0.1) is 11.3 Å². The zero-order valence-corrected chi connectivity index (χ0v) is 12.8. The van der Waals surface area contributed by atoms with E-state index in [-0.39, 0.29) is 0 Å². The summed E-state index contributed by atoms with van der Waals surface area (Å²) in [6, 6.07) is 18.2. The molecular formula is C18H21N3O. The molecule has 2 rings (SSSR count). The Morgan fingerprint density at radius 1 is 1.09 bits per heavy atom. The van der Waals surface area contributed by atoms with Gasteiger partial charge in [-0.25, -0.2) is 0 Å². The van der Waals surface area contributed by atoms with Crippen LogP contribution in [0.1, 0.15) is 16.7 Å². The van der Waals surface area contributed by atoms with Gasteiger partial charge in [0.25, 0.3) is 0 Å². The van der Waals surface area contributed by atoms with Gasteiger partial charge in [0.05, 0.1) is 12.7 Å². The fraction of sp³-hybridized carbons (Fsp3) is 0.278. The van der Waals surface area contributed by atoms with Gasteiger partial charge < -0.3 is 10.5 Å². The van der Waals surface area contributed by atoms with Gasteiger partial charge in [-0.05, 0) is 23.3 Å². The lowest BCUT2D eigenvalue weighted by molar-refractivity contribution is 0.264. The molecule has 0 heterocycles. The Labute approximate surface area is 131 Å². The molecule has 22 heavy (non-hydrogen) atoms. The summed E-state index contributed by atoms with van der Waals surface area (Å²) in [5.41, 5.74) is 8.66. The summed E-state index contributed by atoms with van der Waals surface area (Å²) >= 11 is 0. The lowest BCUT2D eigenvalue weighted by Gasteiger charge is -2.22. The molecule has 0 radical (unpaired) electrons. The summed E-state index contributed by atoms with van der Waals surface area (Å²) < 4.78 is 5.27. The molecule has 2 N–H and O–H groups in total. The van der Waals surface area contributed by atoms with Gasteiger partial charge in [-0.15, -0.1) is 0 Å². The van der Waals surface area contributed by atoms with Crippen LogP contribution in [-0.2, 0) is 13.1 Å². The second-order valence-corrected chi connectivity index (χ2v) is 5.13. The topological polar surface area (TPSA) is 62.3 Å². The van der Waals surface area contributed by atoms with Gasteiger partial charge in [0.2, 0.25) is 0 Å². The number of hydrogen-bond acceptors (Lipinski definition) is 4. The van der Waals surface area contributed by atoms with Crippen LogP contribution in [0.3, 0.4) is 0 Å². The first-order valence-corrected chi connectivity index (χ1v) is 7.30. The normalized spacial score (nSPS) is 10.5. The molecule has 0 aliphatic rings. The fourth-order valence-electron chi connectivity index (χ4n) is 2.42. The minimum absolute atomic E-state index is 0.555. The third-order valence-corrected chi connectivity index (χ3v) is 3.49. The van der Waals surface area contributed by atoms with Gasteiger partial charge in [0, 0.05) is 26.2 Å². The van der Waals surface area contributed by atoms with E-state index >= 15 is 0 Å². The van der Waals surface area contributed by atoms with Crippen LogP contribution in [0.4, 0.5) is 0 Å². The molecule has 0 bridgehead atoms. The molecule has 0 atom stereocenters. The number of rotatable bonds is 7. The van der Waals surface area contributed by atoms with E-state index in [0.29, 0.717) is 17.9 Å². The van der Waals surface area contributed by atoms with Crippen LogP contribution in [-0.4, -0.2) is 25.1 Å². The van der Waals surface area contributed by atoms with Crippen molar-refractivity contribution < 1.29 is 4.74 Å². The molecule has 0 aliphatic heterocycles. The second-order valence-electron chi connectivity index (χ2n) is 5.13. The maximum atomic E-state index is 9.04. The van der Waals surface area contributed by atoms with Crippen molar-refractivity contribution in [1.82, 2.24) is 4.90 Å². The Bertz CT molecular complexity index is 635. The monoisotopic (exact) mass is 295 g/mol. The summed E-state index contributed by atoms with van der Waals surface area (Å²) in [5, 5.41) is 9.04. The van der Waals surface area contributed by atoms with E-state index in [2.05, 4.69) is 23.1 Å². The van der Waals surface area contributed by atoms with Gasteiger partial charge >= 0.3 is 0 Å². The molecule has 0 saturated carbocycles. The highest BCUT2D eigenvalue weighted by atomic mass is 16.5. The van der Waals surface area contributed by atoms with Crippen LogP contribution < -0.4 is 10.5 Å². The maximum absolute atomic E-state index is 9.04. The fourth-order valence-corrected chi connectivity index (χ4v) is 2.42. The predicted molar refractivity (Wildman–Crippen MR) is 87.3 cm³/mol. The number of nitrogens with zero attached hydrogens (tertiary/aromatic N) is 2. The van der Waals surface area contributed by atoms with Gasteiger partial charge in [0.1, 0.15) is 11.8 Å². The van der Waals surface area contributed by atoms with Gasteiger partial charge in [0.15, 0.2) is 0 Å². The molecule has 2 aromatic carbocycles. The molecule has 0 aliphatic carbocycles. The molecule has 4 heteroatoms. The lowest BCUT2D eigenvalue weighted by Crippen LogP contribution is -2.28. The van der Waals surface area contributed by atoms with E-state index in [1.54, 1.807) is 13.2 Å². The largest absolute Gasteiger partial charge is 0.495 e. The van der Waals surface area contributed by atoms with Crippen LogP contribution in [0.2, 0.25) is 0 Å². The quantitative estimate of drug-likeness (QED) is 0.852. The van der Waals surface area contributed by atoms with Crippen LogP contribution in [0.25, 0.3) is 0 Å². The predicted octanol–water partition coefficient (Wildman–Crippen LogP) is 2.53. The van der Waals surface area contributed by atoms with E-state index in [9.17, 15) is 0 Å². The Morgan fingerprint density at radius 2 is 1.82 bits per heavy atom. The van der Waals surface area contributed by atoms with Crippen molar-refractivity contribution in [3.63, 3.8) is 0 Å². The molecule has 4 nitrogen and oxygen atoms in total. The van der Waals surface area contributed by atoms with Crippen LogP contribution in [0.15, 0.2) is 48.5 Å². The molecule has 0 aromatic heterocycles. The lowest BCUT2D eigenvalue weighted by atomic mass is 10.1. The third kappa shape index (κ3) is 4.32. The minimum atomic E-state index is 0.555. The average molecular weight is 295 g/mol. The summed E-state index contributed by atoms with van der Waals surface area (Å²) in [4.78, 5) is 2.29. The van der Waals surface area contributed by atoms with Crippen molar-refractivity contribution in [3.8, 4) is 11.8 Å². The standard InChI is InChI=1S/C18H21N3O/c1-22-18-11-16(7-8-17(18)12-20)14-21(10-9-19)13-15-5-3-2-4-6-15/h2-8,11H,9-10,13-14,19H2,1H3. The number of hydrogen-bond donors (Lipinski definition) is 1. The summed E-state index contributed by atoms with van der Waals surface area (Å²) in [6.45, 7) is 3.05. The van der Waals surface area contributed by atoms with E-state index < -0.39 is 0 Å². The first-order valence-electron chi connectivity index (χ1n) is 7.30. The van der Waals surface area contributed by atoms with Crippen molar-refractivity contribution in [2.75, 3.05) is 20.2 Å². The Kier molecular flexibility index (Phi) is 5.96. The summed E-state index contributed by atoms with van der Waals surface area (Å²) in [6.07, 6.45) is 0. The third-order valence-electron chi connectivity index (χ3n) is 3.49. The van der Waals surface area contributed by atoms with Gasteiger partial charge in [-0.3, -0.25) is 4.90 Å². The number of ether oxygens (including phenoxy) is 1. The van der Waals surface area contributed by atoms with Crippen LogP contribution >= 0.6 is 0 Å². The highest BCUT2D eigenvalue weighted by Gasteiger charge is 2.09. The zero-order chi connectivity index (χ0) is 15.8. The number of nitrogens with two attached hydrogens (primary N) is 1. The number of nitriles is 1. The Morgan fingerprint density at radius 3 is 2.45 bits per heavy atom. The minimum Gasteiger partial charge on any atom is -0.495 e. The molecule has 0 spiro atoms. The Hall–Kier alpha value is -2.35. The molecule has 0 fully saturated rings. The first kappa shape index (κ1) is 16.0. The smallest absolute Gasteiger partial charge is 0.136 e. The molecule has 2 aromatic rings. The SMILES string of the molecule is COc1cc(CN(CCN)Cc2ccccc2)ccc1C#N.